The molecular weight excluding hydrogens is 433 g/mol. The molecule has 32 heavy (non-hydrogen) atoms. The van der Waals surface area contributed by atoms with E-state index in [1.807, 2.05) is 6.07 Å². The summed E-state index contributed by atoms with van der Waals surface area (Å²) in [5.41, 5.74) is 1.53. The van der Waals surface area contributed by atoms with E-state index in [1.165, 1.54) is 19.1 Å². The minimum Gasteiger partial charge on any atom is -0.342 e. The molecule has 0 atom stereocenters. The summed E-state index contributed by atoms with van der Waals surface area (Å²) in [5.74, 6) is -1.15. The number of carbonyl (C=O) groups excluding carboxylic acids is 2. The van der Waals surface area contributed by atoms with Gasteiger partial charge in [-0.05, 0) is 54.1 Å². The van der Waals surface area contributed by atoms with Crippen LogP contribution >= 0.6 is 0 Å². The molecule has 0 aliphatic rings. The first-order chi connectivity index (χ1) is 15.2. The average molecular weight is 456 g/mol. The highest BCUT2D eigenvalue weighted by Gasteiger charge is 2.19. The molecule has 0 aliphatic heterocycles. The Morgan fingerprint density at radius 2 is 1.66 bits per heavy atom. The Balaban J connectivity index is 1.80. The van der Waals surface area contributed by atoms with E-state index in [4.69, 9.17) is 0 Å². The van der Waals surface area contributed by atoms with Crippen LogP contribution in [0.4, 0.5) is 15.8 Å². The van der Waals surface area contributed by atoms with Crippen LogP contribution < -0.4 is 10.0 Å². The number of carbonyl (C=O) groups is 2. The van der Waals surface area contributed by atoms with Crippen LogP contribution in [0.5, 0.6) is 0 Å². The van der Waals surface area contributed by atoms with Gasteiger partial charge in [0.2, 0.25) is 5.91 Å². The number of nitrogens with zero attached hydrogens (tertiary/aromatic N) is 1. The Bertz CT molecular complexity index is 1240. The van der Waals surface area contributed by atoms with Gasteiger partial charge in [-0.1, -0.05) is 24.3 Å². The maximum Gasteiger partial charge on any atom is 0.261 e. The Kier molecular flexibility index (Phi) is 6.89. The number of benzene rings is 3. The molecule has 0 radical (unpaired) electrons. The molecule has 3 aromatic carbocycles. The van der Waals surface area contributed by atoms with Crippen molar-refractivity contribution in [1.82, 2.24) is 4.90 Å². The largest absolute Gasteiger partial charge is 0.342 e. The SMILES string of the molecule is CC(=O)N(C)Cc1cccc(NC(=O)c2ccccc2NS(=O)(=O)c2ccc(F)cc2)c1. The van der Waals surface area contributed by atoms with Gasteiger partial charge in [-0.25, -0.2) is 12.8 Å². The maximum absolute atomic E-state index is 13.1. The highest BCUT2D eigenvalue weighted by molar-refractivity contribution is 7.92. The van der Waals surface area contributed by atoms with Gasteiger partial charge in [0.15, 0.2) is 0 Å². The third-order valence-corrected chi connectivity index (χ3v) is 6.06. The quantitative estimate of drug-likeness (QED) is 0.566. The van der Waals surface area contributed by atoms with Gasteiger partial charge in [-0.3, -0.25) is 14.3 Å². The summed E-state index contributed by atoms with van der Waals surface area (Å²) >= 11 is 0. The van der Waals surface area contributed by atoms with Crippen LogP contribution in [-0.4, -0.2) is 32.2 Å². The highest BCUT2D eigenvalue weighted by atomic mass is 32.2. The molecule has 3 rings (SSSR count). The molecule has 0 spiro atoms. The molecule has 0 unspecified atom stereocenters. The molecule has 3 aromatic rings. The zero-order valence-corrected chi connectivity index (χ0v) is 18.3. The molecule has 0 heterocycles. The van der Waals surface area contributed by atoms with Gasteiger partial charge in [0, 0.05) is 26.2 Å². The van der Waals surface area contributed by atoms with Crippen molar-refractivity contribution >= 4 is 33.2 Å². The summed E-state index contributed by atoms with van der Waals surface area (Å²) in [6.45, 7) is 1.85. The van der Waals surface area contributed by atoms with Crippen molar-refractivity contribution in [1.29, 1.82) is 0 Å². The standard InChI is InChI=1S/C23H22FN3O4S/c1-16(28)27(2)15-17-6-5-7-19(14-17)25-23(29)21-8-3-4-9-22(21)26-32(30,31)20-12-10-18(24)11-13-20/h3-14,26H,15H2,1-2H3,(H,25,29). The van der Waals surface area contributed by atoms with E-state index in [9.17, 15) is 22.4 Å². The molecule has 9 heteroatoms. The minimum absolute atomic E-state index is 0.0817. The number of halogens is 1. The van der Waals surface area contributed by atoms with Crippen LogP contribution in [0.1, 0.15) is 22.8 Å². The minimum atomic E-state index is -4.02. The zero-order chi connectivity index (χ0) is 23.3. The zero-order valence-electron chi connectivity index (χ0n) is 17.5. The van der Waals surface area contributed by atoms with Gasteiger partial charge in [-0.15, -0.1) is 0 Å². The van der Waals surface area contributed by atoms with Gasteiger partial charge in [0.1, 0.15) is 5.82 Å². The summed E-state index contributed by atoms with van der Waals surface area (Å²) in [4.78, 5) is 25.7. The number of anilines is 2. The molecule has 0 saturated heterocycles. The molecular formula is C23H22FN3O4S. The van der Waals surface area contributed by atoms with Crippen LogP contribution in [-0.2, 0) is 21.4 Å². The van der Waals surface area contributed by atoms with E-state index >= 15 is 0 Å². The van der Waals surface area contributed by atoms with Crippen molar-refractivity contribution in [2.75, 3.05) is 17.1 Å². The number of rotatable bonds is 7. The molecule has 0 aromatic heterocycles. The van der Waals surface area contributed by atoms with Gasteiger partial charge >= 0.3 is 0 Å². The fraction of sp³-hybridized carbons (Fsp3) is 0.130. The average Bonchev–Trinajstić information content (AvgIpc) is 2.74. The van der Waals surface area contributed by atoms with Crippen molar-refractivity contribution in [2.45, 2.75) is 18.4 Å². The van der Waals surface area contributed by atoms with Crippen LogP contribution in [0.25, 0.3) is 0 Å². The van der Waals surface area contributed by atoms with Crippen molar-refractivity contribution in [3.8, 4) is 0 Å². The number of hydrogen-bond acceptors (Lipinski definition) is 4. The summed E-state index contributed by atoms with van der Waals surface area (Å²) < 4.78 is 40.8. The predicted octanol–water partition coefficient (Wildman–Crippen LogP) is 3.86. The smallest absolute Gasteiger partial charge is 0.261 e. The van der Waals surface area contributed by atoms with Crippen molar-refractivity contribution in [2.24, 2.45) is 0 Å². The molecule has 2 amide bonds. The number of para-hydroxylation sites is 1. The van der Waals surface area contributed by atoms with Crippen molar-refractivity contribution in [3.63, 3.8) is 0 Å². The Labute approximate surface area is 185 Å². The van der Waals surface area contributed by atoms with E-state index in [0.29, 0.717) is 12.2 Å². The van der Waals surface area contributed by atoms with E-state index in [-0.39, 0.29) is 22.1 Å². The first-order valence-corrected chi connectivity index (χ1v) is 11.1. The van der Waals surface area contributed by atoms with Gasteiger partial charge in [0.25, 0.3) is 15.9 Å². The first kappa shape index (κ1) is 23.0. The van der Waals surface area contributed by atoms with Gasteiger partial charge < -0.3 is 10.2 Å². The topological polar surface area (TPSA) is 95.6 Å². The van der Waals surface area contributed by atoms with Crippen LogP contribution in [0, 0.1) is 5.82 Å². The number of nitrogens with one attached hydrogen (secondary N) is 2. The molecule has 0 bridgehead atoms. The van der Waals surface area contributed by atoms with E-state index in [0.717, 1.165) is 29.8 Å². The molecule has 0 aliphatic carbocycles. The second-order valence-electron chi connectivity index (χ2n) is 7.13. The summed E-state index contributed by atoms with van der Waals surface area (Å²) in [7, 11) is -2.34. The Morgan fingerprint density at radius 1 is 0.969 bits per heavy atom. The lowest BCUT2D eigenvalue weighted by molar-refractivity contribution is -0.128. The fourth-order valence-electron chi connectivity index (χ4n) is 2.92. The summed E-state index contributed by atoms with van der Waals surface area (Å²) in [6, 6.07) is 17.6. The summed E-state index contributed by atoms with van der Waals surface area (Å²) in [6.07, 6.45) is 0. The Hall–Kier alpha value is -3.72. The number of hydrogen-bond donors (Lipinski definition) is 2. The maximum atomic E-state index is 13.1. The second-order valence-corrected chi connectivity index (χ2v) is 8.82. The van der Waals surface area contributed by atoms with E-state index in [2.05, 4.69) is 10.0 Å². The number of sulfonamides is 1. The van der Waals surface area contributed by atoms with Crippen LogP contribution in [0.3, 0.4) is 0 Å². The third kappa shape index (κ3) is 5.70. The number of amides is 2. The summed E-state index contributed by atoms with van der Waals surface area (Å²) in [5, 5.41) is 2.75. The molecule has 7 nitrogen and oxygen atoms in total. The lowest BCUT2D eigenvalue weighted by Crippen LogP contribution is -2.23. The Morgan fingerprint density at radius 3 is 2.34 bits per heavy atom. The predicted molar refractivity (Wildman–Crippen MR) is 120 cm³/mol. The van der Waals surface area contributed by atoms with Gasteiger partial charge in [-0.2, -0.15) is 0 Å². The van der Waals surface area contributed by atoms with Gasteiger partial charge in [0.05, 0.1) is 16.1 Å². The van der Waals surface area contributed by atoms with Crippen LogP contribution in [0.2, 0.25) is 0 Å². The normalized spacial score (nSPS) is 11.0. The highest BCUT2D eigenvalue weighted by Crippen LogP contribution is 2.22. The molecule has 166 valence electrons. The van der Waals surface area contributed by atoms with E-state index in [1.54, 1.807) is 42.3 Å². The molecule has 0 saturated carbocycles. The monoisotopic (exact) mass is 455 g/mol. The van der Waals surface area contributed by atoms with Crippen LogP contribution in [0.15, 0.2) is 77.7 Å². The lowest BCUT2D eigenvalue weighted by Gasteiger charge is -2.16. The third-order valence-electron chi connectivity index (χ3n) is 4.68. The van der Waals surface area contributed by atoms with E-state index < -0.39 is 21.7 Å². The molecule has 0 fully saturated rings. The second kappa shape index (κ2) is 9.61. The van der Waals surface area contributed by atoms with Crippen molar-refractivity contribution < 1.29 is 22.4 Å². The van der Waals surface area contributed by atoms with Crippen molar-refractivity contribution in [3.05, 3.63) is 89.7 Å². The molecule has 2 N–H and O–H groups in total. The lowest BCUT2D eigenvalue weighted by atomic mass is 10.1. The first-order valence-electron chi connectivity index (χ1n) is 9.65. The fourth-order valence-corrected chi connectivity index (χ4v) is 4.00.